The average molecular weight is 449 g/mol. The summed E-state index contributed by atoms with van der Waals surface area (Å²) in [5.74, 6) is 0. The van der Waals surface area contributed by atoms with Crippen LogP contribution in [0, 0.1) is 0 Å². The second-order valence-corrected chi connectivity index (χ2v) is 11.7. The minimum atomic E-state index is -4.64. The van der Waals surface area contributed by atoms with Crippen LogP contribution in [-0.4, -0.2) is 16.3 Å². The Morgan fingerprint density at radius 1 is 0.516 bits per heavy atom. The van der Waals surface area contributed by atoms with Crippen LogP contribution in [-0.2, 0) is 0 Å². The molecule has 1 N–H and O–H groups in total. The number of carbonyl (C=O) groups excluding carboxylic acids is 1. The van der Waals surface area contributed by atoms with Gasteiger partial charge in [0.2, 0.25) is 0 Å². The maximum absolute atomic E-state index is 14.5. The van der Waals surface area contributed by atoms with Gasteiger partial charge in [-0.1, -0.05) is 0 Å². The molecular formula is C26H22ClO3P. The molecule has 4 aromatic rings. The summed E-state index contributed by atoms with van der Waals surface area (Å²) < 4.78 is 0. The van der Waals surface area contributed by atoms with Gasteiger partial charge in [-0.05, 0) is 0 Å². The van der Waals surface area contributed by atoms with E-state index in [-0.39, 0.29) is 17.9 Å². The predicted octanol–water partition coefficient (Wildman–Crippen LogP) is 5.46. The fraction of sp³-hybridized carbons (Fsp3) is 0. The van der Waals surface area contributed by atoms with E-state index < -0.39 is 12.3 Å². The molecule has 0 amide bonds. The summed E-state index contributed by atoms with van der Waals surface area (Å²) in [4.78, 5) is 28.1. The van der Waals surface area contributed by atoms with Crippen LogP contribution in [0.15, 0.2) is 121 Å². The molecule has 4 rings (SSSR count). The van der Waals surface area contributed by atoms with Crippen LogP contribution < -0.4 is 15.9 Å². The Labute approximate surface area is 187 Å². The Morgan fingerprint density at radius 3 is 1.10 bits per heavy atom. The van der Waals surface area contributed by atoms with Crippen molar-refractivity contribution in [3.63, 3.8) is 0 Å². The van der Waals surface area contributed by atoms with Crippen LogP contribution in [0.25, 0.3) is 0 Å². The number of carboxylic acid groups (broad SMARTS) is 1. The summed E-state index contributed by atoms with van der Waals surface area (Å²) in [6.07, 6.45) is 0. The number of halogens is 1. The van der Waals surface area contributed by atoms with Crippen molar-refractivity contribution in [2.45, 2.75) is 0 Å². The zero-order valence-electron chi connectivity index (χ0n) is 16.7. The van der Waals surface area contributed by atoms with Crippen LogP contribution in [0.2, 0.25) is 0 Å². The number of benzene rings is 4. The van der Waals surface area contributed by atoms with Gasteiger partial charge in [0.1, 0.15) is 0 Å². The Balaban J connectivity index is 0.00000272. The molecule has 0 spiro atoms. The van der Waals surface area contributed by atoms with Crippen molar-refractivity contribution < 1.29 is 14.7 Å². The van der Waals surface area contributed by atoms with Gasteiger partial charge in [0.05, 0.1) is 0 Å². The quantitative estimate of drug-likeness (QED) is 0.399. The van der Waals surface area contributed by atoms with Crippen LogP contribution in [0.3, 0.4) is 0 Å². The zero-order chi connectivity index (χ0) is 21.1. The molecule has 0 saturated carbocycles. The van der Waals surface area contributed by atoms with Crippen LogP contribution in [0.4, 0.5) is 4.79 Å². The predicted molar refractivity (Wildman–Crippen MR) is 131 cm³/mol. The van der Waals surface area contributed by atoms with Gasteiger partial charge in [0.25, 0.3) is 0 Å². The molecule has 0 fully saturated rings. The Kier molecular flexibility index (Phi) is 6.40. The van der Waals surface area contributed by atoms with Gasteiger partial charge in [0.15, 0.2) is 0 Å². The summed E-state index contributed by atoms with van der Waals surface area (Å²) >= 11 is 0. The average Bonchev–Trinajstić information content (AvgIpc) is 2.82. The third-order valence-electron chi connectivity index (χ3n) is 5.63. The molecule has 0 bridgehead atoms. The molecule has 0 radical (unpaired) electrons. The van der Waals surface area contributed by atoms with Gasteiger partial charge in [-0.3, -0.25) is 0 Å². The molecule has 0 atom stereocenters. The van der Waals surface area contributed by atoms with Crippen molar-refractivity contribution in [1.82, 2.24) is 0 Å². The molecule has 0 saturated heterocycles. The molecule has 0 aliphatic heterocycles. The Hall–Kier alpha value is -3.26. The summed E-state index contributed by atoms with van der Waals surface area (Å²) in [6, 6.07) is 35.6. The second kappa shape index (κ2) is 8.85. The SMILES string of the molecule is Cl.O=C(O)P(C(=O)c1ccccc1)(c1ccccc1)(c1ccccc1)c1ccccc1. The second-order valence-electron chi connectivity index (χ2n) is 7.08. The fourth-order valence-corrected chi connectivity index (χ4v) is 9.64. The molecule has 0 unspecified atom stereocenters. The number of hydrogen-bond donors (Lipinski definition) is 1. The van der Waals surface area contributed by atoms with Gasteiger partial charge in [-0.25, -0.2) is 0 Å². The normalized spacial score (nSPS) is 12.1. The van der Waals surface area contributed by atoms with Crippen LogP contribution >= 0.6 is 19.0 Å². The van der Waals surface area contributed by atoms with Gasteiger partial charge in [-0.15, -0.1) is 12.4 Å². The monoisotopic (exact) mass is 448 g/mol. The van der Waals surface area contributed by atoms with E-state index in [0.717, 1.165) is 0 Å². The van der Waals surface area contributed by atoms with E-state index in [9.17, 15) is 14.7 Å². The van der Waals surface area contributed by atoms with Crippen molar-refractivity contribution in [2.75, 3.05) is 0 Å². The van der Waals surface area contributed by atoms with E-state index >= 15 is 0 Å². The maximum atomic E-state index is 14.5. The van der Waals surface area contributed by atoms with E-state index in [1.165, 1.54) is 0 Å². The molecule has 0 aliphatic carbocycles. The molecule has 31 heavy (non-hydrogen) atoms. The van der Waals surface area contributed by atoms with Crippen LogP contribution in [0.5, 0.6) is 0 Å². The summed E-state index contributed by atoms with van der Waals surface area (Å²) in [7, 11) is 0. The summed E-state index contributed by atoms with van der Waals surface area (Å²) in [6.45, 7) is -4.64. The van der Waals surface area contributed by atoms with E-state index in [1.807, 2.05) is 24.3 Å². The fourth-order valence-electron chi connectivity index (χ4n) is 4.23. The van der Waals surface area contributed by atoms with E-state index in [4.69, 9.17) is 0 Å². The van der Waals surface area contributed by atoms with E-state index in [1.54, 1.807) is 97.1 Å². The van der Waals surface area contributed by atoms with Gasteiger partial charge >= 0.3 is 175 Å². The van der Waals surface area contributed by atoms with Crippen molar-refractivity contribution in [1.29, 1.82) is 0 Å². The number of carbonyl (C=O) groups is 2. The Morgan fingerprint density at radius 2 is 0.806 bits per heavy atom. The van der Waals surface area contributed by atoms with Crippen molar-refractivity contribution in [2.24, 2.45) is 0 Å². The minimum absolute atomic E-state index is 0. The van der Waals surface area contributed by atoms with Crippen molar-refractivity contribution in [3.8, 4) is 0 Å². The molecule has 0 aromatic heterocycles. The third-order valence-corrected chi connectivity index (χ3v) is 11.5. The Bertz CT molecular complexity index is 1080. The summed E-state index contributed by atoms with van der Waals surface area (Å²) in [5, 5.41) is 12.7. The van der Waals surface area contributed by atoms with Gasteiger partial charge in [0, 0.05) is 0 Å². The summed E-state index contributed by atoms with van der Waals surface area (Å²) in [5.41, 5.74) is -1.11. The topological polar surface area (TPSA) is 54.4 Å². The molecule has 0 heterocycles. The standard InChI is InChI=1S/C26H21O3P.ClH/c27-25(21-13-5-1-6-14-21)30(26(28)29,22-15-7-2-8-16-22,23-17-9-3-10-18-23)24-19-11-4-12-20-24;/h1-20H,(H,28,29);1H. The first kappa shape index (κ1) is 22.4. The molecule has 5 heteroatoms. The van der Waals surface area contributed by atoms with Crippen molar-refractivity contribution in [3.05, 3.63) is 127 Å². The first-order valence-electron chi connectivity index (χ1n) is 9.64. The molecule has 0 aliphatic rings. The van der Waals surface area contributed by atoms with Gasteiger partial charge < -0.3 is 0 Å². The number of rotatable bonds is 6. The van der Waals surface area contributed by atoms with E-state index in [0.29, 0.717) is 21.5 Å². The first-order chi connectivity index (χ1) is 14.6. The molecule has 3 nitrogen and oxygen atoms in total. The number of hydrogen-bond acceptors (Lipinski definition) is 2. The third kappa shape index (κ3) is 3.09. The van der Waals surface area contributed by atoms with E-state index in [2.05, 4.69) is 0 Å². The molecule has 4 aromatic carbocycles. The van der Waals surface area contributed by atoms with Gasteiger partial charge in [-0.2, -0.15) is 0 Å². The first-order valence-corrected chi connectivity index (χ1v) is 11.9. The molecule has 156 valence electrons. The zero-order valence-corrected chi connectivity index (χ0v) is 18.4. The van der Waals surface area contributed by atoms with Crippen molar-refractivity contribution >= 4 is 46.2 Å². The molecular weight excluding hydrogens is 427 g/mol. The van der Waals surface area contributed by atoms with Crippen LogP contribution in [0.1, 0.15) is 10.4 Å².